The van der Waals surface area contributed by atoms with Gasteiger partial charge in [-0.3, -0.25) is 4.99 Å². The molecule has 0 saturated carbocycles. The Hall–Kier alpha value is -2.79. The summed E-state index contributed by atoms with van der Waals surface area (Å²) in [6, 6.07) is 19.0. The molecule has 1 unspecified atom stereocenters. The molecule has 1 aliphatic rings. The van der Waals surface area contributed by atoms with Crippen LogP contribution in [0.5, 0.6) is 11.5 Å². The van der Waals surface area contributed by atoms with E-state index in [1.54, 1.807) is 25.6 Å². The molecular weight excluding hydrogens is 392 g/mol. The summed E-state index contributed by atoms with van der Waals surface area (Å²) >= 11 is 1.77. The van der Waals surface area contributed by atoms with E-state index in [1.807, 2.05) is 6.07 Å². The number of aliphatic imine (C=N–C) groups is 1. The maximum atomic E-state index is 5.58. The van der Waals surface area contributed by atoms with Crippen LogP contribution in [0.1, 0.15) is 42.3 Å². The summed E-state index contributed by atoms with van der Waals surface area (Å²) in [6.07, 6.45) is 1.67. The van der Waals surface area contributed by atoms with E-state index in [2.05, 4.69) is 73.1 Å². The van der Waals surface area contributed by atoms with Crippen LogP contribution in [0.25, 0.3) is 0 Å². The molecule has 0 aliphatic carbocycles. The van der Waals surface area contributed by atoms with Crippen molar-refractivity contribution in [1.29, 1.82) is 0 Å². The monoisotopic (exact) mass is 420 g/mol. The topological polar surface area (TPSA) is 42.9 Å². The van der Waals surface area contributed by atoms with Gasteiger partial charge in [-0.15, -0.1) is 11.3 Å². The predicted molar refractivity (Wildman–Crippen MR) is 126 cm³/mol. The second-order valence-electron chi connectivity index (χ2n) is 8.19. The smallest absolute Gasteiger partial charge is 0.161 e. The molecule has 3 aromatic rings. The Kier molecular flexibility index (Phi) is 5.82. The molecule has 0 bridgehead atoms. The van der Waals surface area contributed by atoms with Crippen molar-refractivity contribution < 1.29 is 9.47 Å². The third kappa shape index (κ3) is 4.36. The van der Waals surface area contributed by atoms with E-state index in [1.165, 1.54) is 10.4 Å². The Morgan fingerprint density at radius 3 is 2.43 bits per heavy atom. The fourth-order valence-corrected chi connectivity index (χ4v) is 4.84. The van der Waals surface area contributed by atoms with Crippen molar-refractivity contribution in [2.24, 2.45) is 4.99 Å². The minimum Gasteiger partial charge on any atom is -0.493 e. The molecule has 4 nitrogen and oxygen atoms in total. The number of nitrogens with zero attached hydrogens (tertiary/aromatic N) is 1. The number of ether oxygens (including phenoxy) is 2. The van der Waals surface area contributed by atoms with Crippen molar-refractivity contribution in [2.75, 3.05) is 19.5 Å². The number of hydrogen-bond acceptors (Lipinski definition) is 5. The third-order valence-corrected chi connectivity index (χ3v) is 6.37. The third-order valence-electron chi connectivity index (χ3n) is 5.38. The Morgan fingerprint density at radius 1 is 1.03 bits per heavy atom. The number of fused-ring (bicyclic) bond motifs is 1. The number of thiophene rings is 1. The van der Waals surface area contributed by atoms with Gasteiger partial charge in [0.05, 0.1) is 25.8 Å². The van der Waals surface area contributed by atoms with E-state index in [0.717, 1.165) is 41.3 Å². The van der Waals surface area contributed by atoms with Gasteiger partial charge >= 0.3 is 0 Å². The Bertz CT molecular complexity index is 1030. The number of anilines is 1. The van der Waals surface area contributed by atoms with Gasteiger partial charge in [-0.1, -0.05) is 24.3 Å². The van der Waals surface area contributed by atoms with Crippen molar-refractivity contribution >= 4 is 22.7 Å². The lowest BCUT2D eigenvalue weighted by atomic mass is 9.84. The first kappa shape index (κ1) is 20.5. The Labute approximate surface area is 182 Å². The van der Waals surface area contributed by atoms with Crippen LogP contribution in [0.4, 0.5) is 5.69 Å². The summed E-state index contributed by atoms with van der Waals surface area (Å²) in [6.45, 7) is 4.38. The molecule has 0 fully saturated rings. The highest BCUT2D eigenvalue weighted by molar-refractivity contribution is 7.10. The standard InChI is InChI=1S/C25H28N2O2S/c1-25(2)16-17-13-22(28-3)23(29-4)14-19(17)20(27-25)15-21(24-11-8-12-30-24)26-18-9-6-5-7-10-18/h5-14,21,26H,15-16H2,1-4H3. The molecular formula is C25H28N2O2S. The van der Waals surface area contributed by atoms with Crippen molar-refractivity contribution in [1.82, 2.24) is 0 Å². The first-order chi connectivity index (χ1) is 14.5. The maximum Gasteiger partial charge on any atom is 0.161 e. The lowest BCUT2D eigenvalue weighted by molar-refractivity contribution is 0.353. The average Bonchev–Trinajstić information content (AvgIpc) is 3.27. The molecule has 156 valence electrons. The average molecular weight is 421 g/mol. The minimum absolute atomic E-state index is 0.140. The summed E-state index contributed by atoms with van der Waals surface area (Å²) in [5, 5.41) is 5.84. The highest BCUT2D eigenvalue weighted by atomic mass is 32.1. The Morgan fingerprint density at radius 2 is 1.77 bits per heavy atom. The molecule has 0 spiro atoms. The number of methoxy groups -OCH3 is 2. The van der Waals surface area contributed by atoms with Crippen molar-refractivity contribution in [3.8, 4) is 11.5 Å². The minimum atomic E-state index is -0.158. The number of rotatable bonds is 7. The molecule has 0 amide bonds. The van der Waals surface area contributed by atoms with Crippen molar-refractivity contribution in [3.63, 3.8) is 0 Å². The van der Waals surface area contributed by atoms with Crippen LogP contribution in [-0.4, -0.2) is 25.5 Å². The predicted octanol–water partition coefficient (Wildman–Crippen LogP) is 6.13. The molecule has 1 atom stereocenters. The molecule has 1 aliphatic heterocycles. The zero-order valence-corrected chi connectivity index (χ0v) is 18.8. The number of hydrogen-bond donors (Lipinski definition) is 1. The maximum absolute atomic E-state index is 5.58. The van der Waals surface area contributed by atoms with E-state index >= 15 is 0 Å². The summed E-state index contributed by atoms with van der Waals surface area (Å²) < 4.78 is 11.1. The highest BCUT2D eigenvalue weighted by Gasteiger charge is 2.30. The summed E-state index contributed by atoms with van der Waals surface area (Å²) in [4.78, 5) is 6.46. The fourth-order valence-electron chi connectivity index (χ4n) is 4.06. The normalized spacial score (nSPS) is 15.7. The zero-order valence-electron chi connectivity index (χ0n) is 17.9. The highest BCUT2D eigenvalue weighted by Crippen LogP contribution is 2.38. The van der Waals surface area contributed by atoms with Crippen LogP contribution in [0, 0.1) is 0 Å². The summed E-state index contributed by atoms with van der Waals surface area (Å²) in [7, 11) is 3.36. The van der Waals surface area contributed by atoms with Crippen LogP contribution in [0.15, 0.2) is 65.0 Å². The van der Waals surface area contributed by atoms with E-state index in [9.17, 15) is 0 Å². The van der Waals surface area contributed by atoms with E-state index < -0.39 is 0 Å². The van der Waals surface area contributed by atoms with Gasteiger partial charge in [-0.05, 0) is 61.5 Å². The van der Waals surface area contributed by atoms with Crippen LogP contribution in [0.3, 0.4) is 0 Å². The molecule has 2 aromatic carbocycles. The quantitative estimate of drug-likeness (QED) is 0.500. The number of para-hydroxylation sites is 1. The SMILES string of the molecule is COc1cc2c(cc1OC)C(CC(Nc1ccccc1)c1cccs1)=NC(C)(C)C2. The van der Waals surface area contributed by atoms with E-state index in [4.69, 9.17) is 14.5 Å². The Balaban J connectivity index is 1.73. The molecule has 4 rings (SSSR count). The van der Waals surface area contributed by atoms with Gasteiger partial charge in [0.1, 0.15) is 0 Å². The number of nitrogens with one attached hydrogen (secondary N) is 1. The number of benzene rings is 2. The van der Waals surface area contributed by atoms with Gasteiger partial charge in [0, 0.05) is 28.3 Å². The van der Waals surface area contributed by atoms with Crippen molar-refractivity contribution in [3.05, 3.63) is 76.0 Å². The van der Waals surface area contributed by atoms with E-state index in [-0.39, 0.29) is 11.6 Å². The second-order valence-corrected chi connectivity index (χ2v) is 9.17. The molecule has 0 radical (unpaired) electrons. The van der Waals surface area contributed by atoms with Gasteiger partial charge in [0.2, 0.25) is 0 Å². The largest absolute Gasteiger partial charge is 0.493 e. The van der Waals surface area contributed by atoms with Crippen LogP contribution < -0.4 is 14.8 Å². The molecule has 2 heterocycles. The van der Waals surface area contributed by atoms with Crippen LogP contribution in [-0.2, 0) is 6.42 Å². The van der Waals surface area contributed by atoms with Gasteiger partial charge in [0.15, 0.2) is 11.5 Å². The lowest BCUT2D eigenvalue weighted by Crippen LogP contribution is -2.30. The van der Waals surface area contributed by atoms with Gasteiger partial charge in [-0.25, -0.2) is 0 Å². The van der Waals surface area contributed by atoms with Gasteiger partial charge < -0.3 is 14.8 Å². The lowest BCUT2D eigenvalue weighted by Gasteiger charge is -2.31. The second kappa shape index (κ2) is 8.52. The molecule has 1 N–H and O–H groups in total. The molecule has 30 heavy (non-hydrogen) atoms. The first-order valence-corrected chi connectivity index (χ1v) is 11.1. The summed E-state index contributed by atoms with van der Waals surface area (Å²) in [5.74, 6) is 1.51. The molecule has 1 aromatic heterocycles. The van der Waals surface area contributed by atoms with Gasteiger partial charge in [-0.2, -0.15) is 0 Å². The zero-order chi connectivity index (χ0) is 21.1. The molecule has 0 saturated heterocycles. The summed E-state index contributed by atoms with van der Waals surface area (Å²) in [5.41, 5.74) is 4.47. The van der Waals surface area contributed by atoms with Gasteiger partial charge in [0.25, 0.3) is 0 Å². The fraction of sp³-hybridized carbons (Fsp3) is 0.320. The van der Waals surface area contributed by atoms with Crippen LogP contribution >= 0.6 is 11.3 Å². The van der Waals surface area contributed by atoms with Crippen molar-refractivity contribution in [2.45, 2.75) is 38.3 Å². The first-order valence-electron chi connectivity index (χ1n) is 10.2. The van der Waals surface area contributed by atoms with Crippen LogP contribution in [0.2, 0.25) is 0 Å². The molecule has 5 heteroatoms. The van der Waals surface area contributed by atoms with E-state index in [0.29, 0.717) is 0 Å².